The van der Waals surface area contributed by atoms with Crippen LogP contribution in [0.5, 0.6) is 5.75 Å². The first-order valence-electron chi connectivity index (χ1n) is 6.53. The van der Waals surface area contributed by atoms with Gasteiger partial charge in [0, 0.05) is 12.5 Å². The molecular weight excluding hydrogens is 226 g/mol. The molecule has 2 rings (SSSR count). The van der Waals surface area contributed by atoms with Crippen LogP contribution in [0.15, 0.2) is 12.1 Å². The molecule has 0 bridgehead atoms. The second-order valence-corrected chi connectivity index (χ2v) is 5.09. The first-order chi connectivity index (χ1) is 8.61. The van der Waals surface area contributed by atoms with Gasteiger partial charge in [0.1, 0.15) is 5.75 Å². The molecule has 1 aliphatic rings. The van der Waals surface area contributed by atoms with Crippen molar-refractivity contribution in [3.05, 3.63) is 28.8 Å². The highest BCUT2D eigenvalue weighted by atomic mass is 16.5. The molecule has 3 nitrogen and oxygen atoms in total. The van der Waals surface area contributed by atoms with Gasteiger partial charge in [-0.15, -0.1) is 0 Å². The number of benzene rings is 1. The standard InChI is InChI=1S/C15H21NO2/c1-10-8-14(18-3)11(2)7-13(10)9-16-15(17)12-5-4-6-12/h7-8,12H,4-6,9H2,1-3H3,(H,16,17). The molecule has 0 radical (unpaired) electrons. The van der Waals surface area contributed by atoms with Gasteiger partial charge in [-0.1, -0.05) is 12.5 Å². The molecule has 1 fully saturated rings. The second kappa shape index (κ2) is 5.42. The molecule has 1 aromatic rings. The van der Waals surface area contributed by atoms with Crippen LogP contribution in [-0.2, 0) is 11.3 Å². The zero-order chi connectivity index (χ0) is 13.1. The molecule has 0 atom stereocenters. The highest BCUT2D eigenvalue weighted by Crippen LogP contribution is 2.27. The monoisotopic (exact) mass is 247 g/mol. The summed E-state index contributed by atoms with van der Waals surface area (Å²) >= 11 is 0. The Labute approximate surface area is 109 Å². The third-order valence-corrected chi connectivity index (χ3v) is 3.78. The molecule has 3 heteroatoms. The zero-order valence-corrected chi connectivity index (χ0v) is 11.4. The van der Waals surface area contributed by atoms with E-state index in [-0.39, 0.29) is 11.8 Å². The van der Waals surface area contributed by atoms with Gasteiger partial charge in [-0.05, 0) is 49.4 Å². The lowest BCUT2D eigenvalue weighted by atomic mass is 9.85. The number of amides is 1. The average molecular weight is 247 g/mol. The molecule has 1 amide bonds. The predicted molar refractivity (Wildman–Crippen MR) is 71.7 cm³/mol. The Bertz CT molecular complexity index is 450. The van der Waals surface area contributed by atoms with Crippen LogP contribution in [0.4, 0.5) is 0 Å². The van der Waals surface area contributed by atoms with Gasteiger partial charge in [0.25, 0.3) is 0 Å². The minimum absolute atomic E-state index is 0.203. The van der Waals surface area contributed by atoms with Gasteiger partial charge in [0.05, 0.1) is 7.11 Å². The van der Waals surface area contributed by atoms with Crippen molar-refractivity contribution in [3.8, 4) is 5.75 Å². The van der Waals surface area contributed by atoms with Crippen molar-refractivity contribution in [1.29, 1.82) is 0 Å². The molecule has 0 unspecified atom stereocenters. The van der Waals surface area contributed by atoms with Gasteiger partial charge in [-0.25, -0.2) is 0 Å². The molecule has 98 valence electrons. The summed E-state index contributed by atoms with van der Waals surface area (Å²) in [4.78, 5) is 11.8. The van der Waals surface area contributed by atoms with Gasteiger partial charge in [-0.3, -0.25) is 4.79 Å². The van der Waals surface area contributed by atoms with Gasteiger partial charge < -0.3 is 10.1 Å². The minimum Gasteiger partial charge on any atom is -0.496 e. The number of methoxy groups -OCH3 is 1. The summed E-state index contributed by atoms with van der Waals surface area (Å²) in [6, 6.07) is 4.12. The van der Waals surface area contributed by atoms with E-state index in [9.17, 15) is 4.79 Å². The molecule has 0 heterocycles. The maximum Gasteiger partial charge on any atom is 0.223 e. The molecule has 1 saturated carbocycles. The van der Waals surface area contributed by atoms with E-state index in [1.54, 1.807) is 7.11 Å². The van der Waals surface area contributed by atoms with Crippen LogP contribution in [0.1, 0.15) is 36.0 Å². The lowest BCUT2D eigenvalue weighted by Crippen LogP contribution is -2.34. The lowest BCUT2D eigenvalue weighted by molar-refractivity contribution is -0.127. The lowest BCUT2D eigenvalue weighted by Gasteiger charge is -2.24. The molecule has 1 aromatic carbocycles. The number of ether oxygens (including phenoxy) is 1. The Balaban J connectivity index is 2.00. The molecule has 0 spiro atoms. The number of hydrogen-bond acceptors (Lipinski definition) is 2. The van der Waals surface area contributed by atoms with Gasteiger partial charge >= 0.3 is 0 Å². The normalized spacial score (nSPS) is 15.1. The van der Waals surface area contributed by atoms with E-state index >= 15 is 0 Å². The fourth-order valence-electron chi connectivity index (χ4n) is 2.26. The van der Waals surface area contributed by atoms with Crippen LogP contribution >= 0.6 is 0 Å². The maximum atomic E-state index is 11.8. The topological polar surface area (TPSA) is 38.3 Å². The molecular formula is C15H21NO2. The number of rotatable bonds is 4. The van der Waals surface area contributed by atoms with Crippen LogP contribution in [0, 0.1) is 19.8 Å². The van der Waals surface area contributed by atoms with Gasteiger partial charge in [0.15, 0.2) is 0 Å². The third-order valence-electron chi connectivity index (χ3n) is 3.78. The quantitative estimate of drug-likeness (QED) is 0.888. The number of aryl methyl sites for hydroxylation is 2. The van der Waals surface area contributed by atoms with Crippen LogP contribution in [0.25, 0.3) is 0 Å². The van der Waals surface area contributed by atoms with E-state index < -0.39 is 0 Å². The first-order valence-corrected chi connectivity index (χ1v) is 6.53. The second-order valence-electron chi connectivity index (χ2n) is 5.09. The molecule has 0 saturated heterocycles. The Kier molecular flexibility index (Phi) is 3.90. The maximum absolute atomic E-state index is 11.8. The molecule has 0 aliphatic heterocycles. The van der Waals surface area contributed by atoms with E-state index in [1.165, 1.54) is 12.0 Å². The Morgan fingerprint density at radius 3 is 2.61 bits per heavy atom. The Morgan fingerprint density at radius 1 is 1.33 bits per heavy atom. The summed E-state index contributed by atoms with van der Waals surface area (Å²) < 4.78 is 5.28. The van der Waals surface area contributed by atoms with Crippen LogP contribution in [0.3, 0.4) is 0 Å². The van der Waals surface area contributed by atoms with Gasteiger partial charge in [0.2, 0.25) is 5.91 Å². The largest absolute Gasteiger partial charge is 0.496 e. The van der Waals surface area contributed by atoms with E-state index in [0.717, 1.165) is 29.7 Å². The predicted octanol–water partition coefficient (Wildman–Crippen LogP) is 2.73. The summed E-state index contributed by atoms with van der Waals surface area (Å²) in [6.45, 7) is 4.69. The number of nitrogens with one attached hydrogen (secondary N) is 1. The summed E-state index contributed by atoms with van der Waals surface area (Å²) in [5, 5.41) is 3.03. The molecule has 1 N–H and O–H groups in total. The van der Waals surface area contributed by atoms with Crippen molar-refractivity contribution in [3.63, 3.8) is 0 Å². The third kappa shape index (κ3) is 2.66. The SMILES string of the molecule is COc1cc(C)c(CNC(=O)C2CCC2)cc1C. The summed E-state index contributed by atoms with van der Waals surface area (Å²) in [5.74, 6) is 1.36. The number of hydrogen-bond donors (Lipinski definition) is 1. The number of carbonyl (C=O) groups excluding carboxylic acids is 1. The van der Waals surface area contributed by atoms with E-state index in [1.807, 2.05) is 19.9 Å². The smallest absolute Gasteiger partial charge is 0.223 e. The van der Waals surface area contributed by atoms with Crippen LogP contribution < -0.4 is 10.1 Å². The Morgan fingerprint density at radius 2 is 2.06 bits per heavy atom. The summed E-state index contributed by atoms with van der Waals surface area (Å²) in [6.07, 6.45) is 3.29. The Hall–Kier alpha value is -1.51. The molecule has 0 aromatic heterocycles. The van der Waals surface area contributed by atoms with Crippen molar-refractivity contribution in [2.75, 3.05) is 7.11 Å². The van der Waals surface area contributed by atoms with Gasteiger partial charge in [-0.2, -0.15) is 0 Å². The van der Waals surface area contributed by atoms with E-state index in [0.29, 0.717) is 6.54 Å². The van der Waals surface area contributed by atoms with Crippen molar-refractivity contribution < 1.29 is 9.53 Å². The van der Waals surface area contributed by atoms with Crippen molar-refractivity contribution in [1.82, 2.24) is 5.32 Å². The van der Waals surface area contributed by atoms with Crippen molar-refractivity contribution >= 4 is 5.91 Å². The zero-order valence-electron chi connectivity index (χ0n) is 11.4. The van der Waals surface area contributed by atoms with E-state index in [2.05, 4.69) is 11.4 Å². The first kappa shape index (κ1) is 12.9. The highest BCUT2D eigenvalue weighted by Gasteiger charge is 2.24. The highest BCUT2D eigenvalue weighted by molar-refractivity contribution is 5.79. The van der Waals surface area contributed by atoms with Crippen molar-refractivity contribution in [2.45, 2.75) is 39.7 Å². The fourth-order valence-corrected chi connectivity index (χ4v) is 2.26. The van der Waals surface area contributed by atoms with Crippen LogP contribution in [0.2, 0.25) is 0 Å². The average Bonchev–Trinajstić information content (AvgIpc) is 2.27. The van der Waals surface area contributed by atoms with E-state index in [4.69, 9.17) is 4.74 Å². The minimum atomic E-state index is 0.203. The van der Waals surface area contributed by atoms with Crippen LogP contribution in [-0.4, -0.2) is 13.0 Å². The van der Waals surface area contributed by atoms with Crippen molar-refractivity contribution in [2.24, 2.45) is 5.92 Å². The fraction of sp³-hybridized carbons (Fsp3) is 0.533. The molecule has 1 aliphatic carbocycles. The summed E-state index contributed by atoms with van der Waals surface area (Å²) in [7, 11) is 1.68. The summed E-state index contributed by atoms with van der Waals surface area (Å²) in [5.41, 5.74) is 3.43. The molecule has 18 heavy (non-hydrogen) atoms. The number of carbonyl (C=O) groups is 1.